The second kappa shape index (κ2) is 5.63. The van der Waals surface area contributed by atoms with Gasteiger partial charge in [-0.2, -0.15) is 0 Å². The molecule has 4 heteroatoms. The van der Waals surface area contributed by atoms with Crippen LogP contribution in [0.15, 0.2) is 22.7 Å². The number of hydrogen-bond donors (Lipinski definition) is 1. The third kappa shape index (κ3) is 3.80. The van der Waals surface area contributed by atoms with Gasteiger partial charge in [0.15, 0.2) is 0 Å². The zero-order valence-electron chi connectivity index (χ0n) is 9.51. The Hall–Kier alpha value is -0.900. The summed E-state index contributed by atoms with van der Waals surface area (Å²) in [5, 5.41) is 2.75. The fourth-order valence-corrected chi connectivity index (χ4v) is 2.10. The first-order valence-electron chi connectivity index (χ1n) is 5.90. The van der Waals surface area contributed by atoms with Crippen LogP contribution in [0.5, 0.6) is 0 Å². The summed E-state index contributed by atoms with van der Waals surface area (Å²) >= 11 is 3.16. The summed E-state index contributed by atoms with van der Waals surface area (Å²) in [6.07, 6.45) is 4.81. The van der Waals surface area contributed by atoms with E-state index in [1.165, 1.54) is 31.4 Å². The first-order chi connectivity index (χ1) is 8.16. The van der Waals surface area contributed by atoms with Gasteiger partial charge in [0.25, 0.3) is 5.91 Å². The lowest BCUT2D eigenvalue weighted by molar-refractivity contribution is 0.0949. The fraction of sp³-hybridized carbons (Fsp3) is 0.462. The van der Waals surface area contributed by atoms with Crippen molar-refractivity contribution in [2.75, 3.05) is 6.54 Å². The van der Waals surface area contributed by atoms with Gasteiger partial charge in [-0.1, -0.05) is 28.8 Å². The highest BCUT2D eigenvalue weighted by molar-refractivity contribution is 9.10. The molecule has 1 aliphatic rings. The summed E-state index contributed by atoms with van der Waals surface area (Å²) in [5.74, 6) is 0.0567. The van der Waals surface area contributed by atoms with Crippen molar-refractivity contribution in [2.24, 2.45) is 5.92 Å². The molecule has 0 atom stereocenters. The average molecular weight is 300 g/mol. The molecule has 1 aliphatic carbocycles. The third-order valence-corrected chi connectivity index (χ3v) is 3.44. The quantitative estimate of drug-likeness (QED) is 0.828. The molecule has 1 aromatic rings. The highest BCUT2D eigenvalue weighted by Gasteiger charge is 2.20. The van der Waals surface area contributed by atoms with Crippen molar-refractivity contribution in [3.8, 4) is 0 Å². The molecule has 1 saturated carbocycles. The summed E-state index contributed by atoms with van der Waals surface area (Å²) in [6, 6.07) is 4.47. The van der Waals surface area contributed by atoms with Crippen molar-refractivity contribution in [3.05, 3.63) is 34.1 Å². The second-order valence-electron chi connectivity index (χ2n) is 4.47. The molecule has 0 aromatic heterocycles. The molecule has 0 heterocycles. The number of halogens is 2. The van der Waals surface area contributed by atoms with E-state index >= 15 is 0 Å². The average Bonchev–Trinajstić information content (AvgIpc) is 3.08. The largest absolute Gasteiger partial charge is 0.352 e. The van der Waals surface area contributed by atoms with Gasteiger partial charge in [0.1, 0.15) is 5.82 Å². The maximum Gasteiger partial charge on any atom is 0.254 e. The van der Waals surface area contributed by atoms with Gasteiger partial charge in [0, 0.05) is 11.0 Å². The molecule has 92 valence electrons. The number of rotatable bonds is 5. The molecule has 1 aromatic carbocycles. The molecule has 0 aliphatic heterocycles. The lowest BCUT2D eigenvalue weighted by Crippen LogP contribution is -2.25. The minimum atomic E-state index is -0.487. The lowest BCUT2D eigenvalue weighted by atomic mass is 10.2. The van der Waals surface area contributed by atoms with Gasteiger partial charge in [0.05, 0.1) is 5.56 Å². The first-order valence-corrected chi connectivity index (χ1v) is 6.69. The van der Waals surface area contributed by atoms with Crippen molar-refractivity contribution in [2.45, 2.75) is 25.7 Å². The number of nitrogens with one attached hydrogen (secondary N) is 1. The van der Waals surface area contributed by atoms with E-state index in [0.717, 1.165) is 12.3 Å². The van der Waals surface area contributed by atoms with E-state index in [2.05, 4.69) is 21.2 Å². The molecular formula is C13H15BrFNO. The highest BCUT2D eigenvalue weighted by atomic mass is 79.9. The topological polar surface area (TPSA) is 29.1 Å². The Morgan fingerprint density at radius 2 is 2.24 bits per heavy atom. The van der Waals surface area contributed by atoms with E-state index in [1.54, 1.807) is 6.07 Å². The van der Waals surface area contributed by atoms with Crippen LogP contribution in [0.4, 0.5) is 4.39 Å². The van der Waals surface area contributed by atoms with Crippen molar-refractivity contribution in [3.63, 3.8) is 0 Å². The first kappa shape index (κ1) is 12.6. The Bertz CT molecular complexity index is 418. The van der Waals surface area contributed by atoms with Crippen molar-refractivity contribution < 1.29 is 9.18 Å². The molecule has 0 unspecified atom stereocenters. The van der Waals surface area contributed by atoms with E-state index in [1.807, 2.05) is 0 Å². The molecule has 1 N–H and O–H groups in total. The molecule has 2 nitrogen and oxygen atoms in total. The maximum atomic E-state index is 13.5. The summed E-state index contributed by atoms with van der Waals surface area (Å²) in [6.45, 7) is 0.630. The molecule has 0 radical (unpaired) electrons. The van der Waals surface area contributed by atoms with Gasteiger partial charge >= 0.3 is 0 Å². The van der Waals surface area contributed by atoms with Gasteiger partial charge in [-0.05, 0) is 37.0 Å². The van der Waals surface area contributed by atoms with Crippen LogP contribution in [-0.2, 0) is 0 Å². The monoisotopic (exact) mass is 299 g/mol. The Balaban J connectivity index is 1.81. The highest BCUT2D eigenvalue weighted by Crippen LogP contribution is 2.33. The molecular weight excluding hydrogens is 285 g/mol. The smallest absolute Gasteiger partial charge is 0.254 e. The van der Waals surface area contributed by atoms with Gasteiger partial charge in [-0.3, -0.25) is 4.79 Å². The predicted molar refractivity (Wildman–Crippen MR) is 68.4 cm³/mol. The molecule has 0 bridgehead atoms. The maximum absolute atomic E-state index is 13.5. The number of hydrogen-bond acceptors (Lipinski definition) is 1. The van der Waals surface area contributed by atoms with E-state index in [9.17, 15) is 9.18 Å². The van der Waals surface area contributed by atoms with Crippen LogP contribution in [0.3, 0.4) is 0 Å². The standard InChI is InChI=1S/C13H15BrFNO/c14-10-5-6-11(12(15)8-10)13(17)16-7-1-2-9-3-4-9/h5-6,8-9H,1-4,7H2,(H,16,17). The van der Waals surface area contributed by atoms with Crippen molar-refractivity contribution in [1.82, 2.24) is 5.32 Å². The Kier molecular flexibility index (Phi) is 4.15. The Labute approximate surface area is 109 Å². The zero-order chi connectivity index (χ0) is 12.3. The minimum Gasteiger partial charge on any atom is -0.352 e. The van der Waals surface area contributed by atoms with E-state index in [0.29, 0.717) is 11.0 Å². The van der Waals surface area contributed by atoms with Crippen molar-refractivity contribution >= 4 is 21.8 Å². The van der Waals surface area contributed by atoms with Crippen molar-refractivity contribution in [1.29, 1.82) is 0 Å². The van der Waals surface area contributed by atoms with Crippen LogP contribution in [0.2, 0.25) is 0 Å². The lowest BCUT2D eigenvalue weighted by Gasteiger charge is -2.06. The minimum absolute atomic E-state index is 0.111. The predicted octanol–water partition coefficient (Wildman–Crippen LogP) is 3.51. The summed E-state index contributed by atoms with van der Waals surface area (Å²) in [4.78, 5) is 11.7. The van der Waals surface area contributed by atoms with Crippen LogP contribution >= 0.6 is 15.9 Å². The fourth-order valence-electron chi connectivity index (χ4n) is 1.77. The third-order valence-electron chi connectivity index (χ3n) is 2.95. The van der Waals surface area contributed by atoms with Crippen LogP contribution in [-0.4, -0.2) is 12.5 Å². The molecule has 1 fully saturated rings. The van der Waals surface area contributed by atoms with Gasteiger partial charge < -0.3 is 5.32 Å². The normalized spacial score (nSPS) is 14.7. The Morgan fingerprint density at radius 3 is 2.88 bits per heavy atom. The molecule has 2 rings (SSSR count). The number of amides is 1. The molecule has 1 amide bonds. The van der Waals surface area contributed by atoms with Gasteiger partial charge in [0.2, 0.25) is 0 Å². The Morgan fingerprint density at radius 1 is 1.47 bits per heavy atom. The number of carbonyl (C=O) groups is 1. The van der Waals surface area contributed by atoms with E-state index in [4.69, 9.17) is 0 Å². The summed E-state index contributed by atoms with van der Waals surface area (Å²) in [7, 11) is 0. The zero-order valence-corrected chi connectivity index (χ0v) is 11.1. The van der Waals surface area contributed by atoms with Crippen LogP contribution < -0.4 is 5.32 Å². The van der Waals surface area contributed by atoms with Crippen LogP contribution in [0.1, 0.15) is 36.0 Å². The SMILES string of the molecule is O=C(NCCCC1CC1)c1ccc(Br)cc1F. The molecule has 0 spiro atoms. The van der Waals surface area contributed by atoms with Crippen LogP contribution in [0.25, 0.3) is 0 Å². The van der Waals surface area contributed by atoms with Gasteiger partial charge in [-0.15, -0.1) is 0 Å². The van der Waals surface area contributed by atoms with Crippen LogP contribution in [0, 0.1) is 11.7 Å². The number of carbonyl (C=O) groups excluding carboxylic acids is 1. The molecule has 0 saturated heterocycles. The summed E-state index contributed by atoms with van der Waals surface area (Å²) in [5.41, 5.74) is 0.111. The van der Waals surface area contributed by atoms with Gasteiger partial charge in [-0.25, -0.2) is 4.39 Å². The number of benzene rings is 1. The summed E-state index contributed by atoms with van der Waals surface area (Å²) < 4.78 is 14.1. The second-order valence-corrected chi connectivity index (χ2v) is 5.38. The molecule has 17 heavy (non-hydrogen) atoms. The van der Waals surface area contributed by atoms with E-state index < -0.39 is 5.82 Å². The van der Waals surface area contributed by atoms with E-state index in [-0.39, 0.29) is 11.5 Å².